The van der Waals surface area contributed by atoms with Crippen LogP contribution in [0, 0.1) is 0 Å². The van der Waals surface area contributed by atoms with Crippen LogP contribution >= 0.6 is 0 Å². The molecule has 0 unspecified atom stereocenters. The molecule has 0 amide bonds. The monoisotopic (exact) mass is 141 g/mol. The molecule has 0 aliphatic rings. The summed E-state index contributed by atoms with van der Waals surface area (Å²) in [6.45, 7) is 4.86. The molecule has 1 aromatic heterocycles. The van der Waals surface area contributed by atoms with Crippen LogP contribution in [0.4, 0.5) is 0 Å². The minimum atomic E-state index is 0.448. The summed E-state index contributed by atoms with van der Waals surface area (Å²) in [5, 5.41) is 3.87. The van der Waals surface area contributed by atoms with Gasteiger partial charge in [-0.15, -0.1) is 0 Å². The molecule has 0 spiro atoms. The van der Waals surface area contributed by atoms with Crippen molar-refractivity contribution in [2.45, 2.75) is 26.3 Å². The zero-order valence-electron chi connectivity index (χ0n) is 6.42. The fourth-order valence-electron chi connectivity index (χ4n) is 0.719. The van der Waals surface area contributed by atoms with E-state index in [1.165, 1.54) is 0 Å². The van der Waals surface area contributed by atoms with Gasteiger partial charge in [0.1, 0.15) is 6.54 Å². The molecule has 0 fully saturated rings. The maximum Gasteiger partial charge on any atom is 0.190 e. The second kappa shape index (κ2) is 2.84. The lowest BCUT2D eigenvalue weighted by Crippen LogP contribution is -2.47. The fourth-order valence-corrected chi connectivity index (χ4v) is 0.719. The van der Waals surface area contributed by atoms with E-state index in [4.69, 9.17) is 4.52 Å². The van der Waals surface area contributed by atoms with Gasteiger partial charge in [0.15, 0.2) is 5.76 Å². The first-order valence-corrected chi connectivity index (χ1v) is 3.48. The van der Waals surface area contributed by atoms with Gasteiger partial charge in [-0.3, -0.25) is 0 Å². The maximum atomic E-state index is 4.96. The Kier molecular flexibility index (Phi) is 2.06. The molecule has 0 saturated carbocycles. The molecular formula is C7H13N2O+. The molecule has 0 radical (unpaired) electrons. The van der Waals surface area contributed by atoms with Crippen molar-refractivity contribution in [2.24, 2.45) is 0 Å². The molecule has 0 saturated heterocycles. The number of rotatable bonds is 2. The van der Waals surface area contributed by atoms with Crippen LogP contribution in [-0.4, -0.2) is 5.16 Å². The van der Waals surface area contributed by atoms with Gasteiger partial charge in [0.25, 0.3) is 0 Å². The molecule has 0 aliphatic heterocycles. The van der Waals surface area contributed by atoms with E-state index in [0.717, 1.165) is 11.5 Å². The van der Waals surface area contributed by atoms with Gasteiger partial charge < -0.3 is 10.3 Å². The molecule has 1 rings (SSSR count). The Morgan fingerprint density at radius 2 is 2.40 bits per heavy atom. The van der Waals surface area contributed by atoms with Crippen molar-refractivity contribution < 1.29 is 10.3 Å². The van der Waals surface area contributed by atoms with Crippen LogP contribution in [0.15, 0.2) is 10.6 Å². The van der Waals surface area contributed by atoms with Crippen molar-refractivity contribution in [2.75, 3.05) is 0 Å². The van der Waals surface area contributed by atoms with E-state index in [9.17, 15) is 0 Å². The molecule has 10 heavy (non-hydrogen) atoms. The molecule has 3 heteroatoms. The molecule has 56 valence electrons. The van der Waals surface area contributed by atoms with Crippen molar-refractivity contribution in [3.05, 3.63) is 17.5 Å². The SMILES string of the molecule is CC(C)c1cc(C[NH3+])on1. The van der Waals surface area contributed by atoms with Gasteiger partial charge in [0.05, 0.1) is 5.69 Å². The van der Waals surface area contributed by atoms with Crippen molar-refractivity contribution in [3.63, 3.8) is 0 Å². The number of aromatic nitrogens is 1. The summed E-state index contributed by atoms with van der Waals surface area (Å²) in [6, 6.07) is 1.96. The Hall–Kier alpha value is -0.830. The lowest BCUT2D eigenvalue weighted by Gasteiger charge is -1.92. The van der Waals surface area contributed by atoms with E-state index in [1.807, 2.05) is 6.07 Å². The van der Waals surface area contributed by atoms with Crippen molar-refractivity contribution in [3.8, 4) is 0 Å². The average Bonchev–Trinajstić information content (AvgIpc) is 2.34. The highest BCUT2D eigenvalue weighted by molar-refractivity contribution is 5.07. The highest BCUT2D eigenvalue weighted by atomic mass is 16.5. The van der Waals surface area contributed by atoms with Gasteiger partial charge >= 0.3 is 0 Å². The molecule has 3 N–H and O–H groups in total. The third kappa shape index (κ3) is 1.36. The zero-order chi connectivity index (χ0) is 7.56. The second-order valence-corrected chi connectivity index (χ2v) is 2.62. The first-order chi connectivity index (χ1) is 4.74. The average molecular weight is 141 g/mol. The smallest absolute Gasteiger partial charge is 0.190 e. The molecule has 1 heterocycles. The molecule has 0 aliphatic carbocycles. The summed E-state index contributed by atoms with van der Waals surface area (Å²) in [5.74, 6) is 1.31. The number of hydrogen-bond acceptors (Lipinski definition) is 2. The first kappa shape index (κ1) is 7.28. The topological polar surface area (TPSA) is 53.7 Å². The summed E-state index contributed by atoms with van der Waals surface area (Å²) in [7, 11) is 0. The molecule has 0 atom stereocenters. The molecule has 3 nitrogen and oxygen atoms in total. The van der Waals surface area contributed by atoms with Crippen LogP contribution in [0.5, 0.6) is 0 Å². The fraction of sp³-hybridized carbons (Fsp3) is 0.571. The van der Waals surface area contributed by atoms with Gasteiger partial charge in [0.2, 0.25) is 0 Å². The van der Waals surface area contributed by atoms with Crippen molar-refractivity contribution in [1.29, 1.82) is 0 Å². The highest BCUT2D eigenvalue weighted by Gasteiger charge is 2.06. The summed E-state index contributed by atoms with van der Waals surface area (Å²) < 4.78 is 4.96. The van der Waals surface area contributed by atoms with E-state index in [0.29, 0.717) is 12.5 Å². The first-order valence-electron chi connectivity index (χ1n) is 3.48. The van der Waals surface area contributed by atoms with Crippen molar-refractivity contribution >= 4 is 0 Å². The molecule has 1 aromatic rings. The van der Waals surface area contributed by atoms with Crippen LogP contribution in [-0.2, 0) is 6.54 Å². The van der Waals surface area contributed by atoms with E-state index < -0.39 is 0 Å². The van der Waals surface area contributed by atoms with Crippen molar-refractivity contribution in [1.82, 2.24) is 5.16 Å². The van der Waals surface area contributed by atoms with E-state index in [2.05, 4.69) is 24.7 Å². The third-order valence-electron chi connectivity index (χ3n) is 1.42. The quantitative estimate of drug-likeness (QED) is 0.653. The van der Waals surface area contributed by atoms with Gasteiger partial charge in [-0.05, 0) is 5.92 Å². The third-order valence-corrected chi connectivity index (χ3v) is 1.42. The largest absolute Gasteiger partial charge is 0.355 e. The maximum absolute atomic E-state index is 4.96. The van der Waals surface area contributed by atoms with Crippen LogP contribution in [0.25, 0.3) is 0 Å². The number of nitrogens with zero attached hydrogens (tertiary/aromatic N) is 1. The predicted octanol–water partition coefficient (Wildman–Crippen LogP) is 0.540. The van der Waals surface area contributed by atoms with Gasteiger partial charge in [-0.25, -0.2) is 0 Å². The lowest BCUT2D eigenvalue weighted by molar-refractivity contribution is -0.390. The van der Waals surface area contributed by atoms with Crippen LogP contribution in [0.2, 0.25) is 0 Å². The molecule has 0 bridgehead atoms. The zero-order valence-corrected chi connectivity index (χ0v) is 6.42. The number of hydrogen-bond donors (Lipinski definition) is 1. The summed E-state index contributed by atoms with van der Waals surface area (Å²) in [4.78, 5) is 0. The molecular weight excluding hydrogens is 128 g/mol. The van der Waals surface area contributed by atoms with Crippen LogP contribution in [0.3, 0.4) is 0 Å². The Labute approximate surface area is 60.2 Å². The van der Waals surface area contributed by atoms with E-state index >= 15 is 0 Å². The summed E-state index contributed by atoms with van der Waals surface area (Å²) >= 11 is 0. The van der Waals surface area contributed by atoms with Gasteiger partial charge in [-0.1, -0.05) is 19.0 Å². The van der Waals surface area contributed by atoms with Gasteiger partial charge in [-0.2, -0.15) is 0 Å². The Morgan fingerprint density at radius 3 is 2.70 bits per heavy atom. The normalized spacial score (nSPS) is 10.8. The summed E-state index contributed by atoms with van der Waals surface area (Å²) in [6.07, 6.45) is 0. The lowest BCUT2D eigenvalue weighted by atomic mass is 10.1. The van der Waals surface area contributed by atoms with Crippen LogP contribution in [0.1, 0.15) is 31.2 Å². The standard InChI is InChI=1S/C7H12N2O/c1-5(2)7-3-6(4-8)10-9-7/h3,5H,4,8H2,1-2H3/p+1. The Bertz CT molecular complexity index is 205. The highest BCUT2D eigenvalue weighted by Crippen LogP contribution is 2.12. The van der Waals surface area contributed by atoms with E-state index in [1.54, 1.807) is 0 Å². The van der Waals surface area contributed by atoms with Gasteiger partial charge in [0, 0.05) is 6.07 Å². The van der Waals surface area contributed by atoms with Crippen LogP contribution < -0.4 is 5.73 Å². The predicted molar refractivity (Wildman–Crippen MR) is 37.2 cm³/mol. The summed E-state index contributed by atoms with van der Waals surface area (Å²) in [5.41, 5.74) is 4.71. The minimum Gasteiger partial charge on any atom is -0.355 e. The second-order valence-electron chi connectivity index (χ2n) is 2.62. The molecule has 0 aromatic carbocycles. The minimum absolute atomic E-state index is 0.448. The Balaban J connectivity index is 2.78. The number of quaternary nitrogens is 1. The van der Waals surface area contributed by atoms with E-state index in [-0.39, 0.29) is 0 Å². The Morgan fingerprint density at radius 1 is 1.70 bits per heavy atom.